The van der Waals surface area contributed by atoms with Gasteiger partial charge in [0.15, 0.2) is 11.5 Å². The van der Waals surface area contributed by atoms with E-state index in [4.69, 9.17) is 14.6 Å². The first-order valence-electron chi connectivity index (χ1n) is 8.49. The smallest absolute Gasteiger partial charge is 0.335 e. The van der Waals surface area contributed by atoms with E-state index < -0.39 is 5.97 Å². The first-order chi connectivity index (χ1) is 13.0. The van der Waals surface area contributed by atoms with Gasteiger partial charge in [0.25, 0.3) is 5.56 Å². The minimum absolute atomic E-state index is 0.108. The van der Waals surface area contributed by atoms with Gasteiger partial charge in [0.1, 0.15) is 5.82 Å². The van der Waals surface area contributed by atoms with Crippen molar-refractivity contribution in [3.63, 3.8) is 0 Å². The molecule has 140 valence electrons. The van der Waals surface area contributed by atoms with Gasteiger partial charge in [-0.15, -0.1) is 0 Å². The van der Waals surface area contributed by atoms with Crippen molar-refractivity contribution in [2.24, 2.45) is 0 Å². The van der Waals surface area contributed by atoms with Crippen LogP contribution in [0.1, 0.15) is 28.2 Å². The van der Waals surface area contributed by atoms with Crippen molar-refractivity contribution in [3.8, 4) is 11.5 Å². The van der Waals surface area contributed by atoms with Crippen molar-refractivity contribution in [2.75, 3.05) is 14.2 Å². The van der Waals surface area contributed by atoms with E-state index in [0.717, 1.165) is 18.4 Å². The first-order valence-corrected chi connectivity index (χ1v) is 8.49. The Hall–Kier alpha value is -3.35. The first kappa shape index (κ1) is 18.4. The summed E-state index contributed by atoms with van der Waals surface area (Å²) in [4.78, 5) is 30.5. The zero-order valence-corrected chi connectivity index (χ0v) is 15.1. The molecule has 0 radical (unpaired) electrons. The number of aromatic amines is 1. The van der Waals surface area contributed by atoms with Gasteiger partial charge in [-0.2, -0.15) is 0 Å². The van der Waals surface area contributed by atoms with Crippen LogP contribution in [0.2, 0.25) is 0 Å². The van der Waals surface area contributed by atoms with Gasteiger partial charge in [-0.3, -0.25) is 4.79 Å². The maximum atomic E-state index is 12.2. The molecule has 0 aliphatic heterocycles. The summed E-state index contributed by atoms with van der Waals surface area (Å²) in [6.07, 6.45) is 2.11. The highest BCUT2D eigenvalue weighted by molar-refractivity contribution is 5.92. The second-order valence-corrected chi connectivity index (χ2v) is 6.09. The third-order valence-corrected chi connectivity index (χ3v) is 4.33. The topological polar surface area (TPSA) is 102 Å². The van der Waals surface area contributed by atoms with Crippen molar-refractivity contribution in [3.05, 3.63) is 63.7 Å². The summed E-state index contributed by atoms with van der Waals surface area (Å²) in [6.45, 7) is 0. The van der Waals surface area contributed by atoms with Crippen molar-refractivity contribution < 1.29 is 19.4 Å². The second kappa shape index (κ2) is 7.90. The zero-order chi connectivity index (χ0) is 19.4. The van der Waals surface area contributed by atoms with Gasteiger partial charge >= 0.3 is 5.97 Å². The van der Waals surface area contributed by atoms with Crippen LogP contribution in [0.25, 0.3) is 10.9 Å². The lowest BCUT2D eigenvalue weighted by molar-refractivity contribution is 0.0697. The van der Waals surface area contributed by atoms with Crippen LogP contribution in [0.3, 0.4) is 0 Å². The van der Waals surface area contributed by atoms with Gasteiger partial charge in [0, 0.05) is 6.42 Å². The largest absolute Gasteiger partial charge is 0.493 e. The number of nitrogens with one attached hydrogen (secondary N) is 1. The Morgan fingerprint density at radius 2 is 1.85 bits per heavy atom. The number of aromatic carboxylic acids is 1. The Morgan fingerprint density at radius 3 is 2.56 bits per heavy atom. The van der Waals surface area contributed by atoms with Gasteiger partial charge < -0.3 is 19.6 Å². The lowest BCUT2D eigenvalue weighted by Crippen LogP contribution is -2.12. The molecule has 0 spiro atoms. The molecule has 3 aromatic rings. The van der Waals surface area contributed by atoms with E-state index in [1.807, 2.05) is 18.2 Å². The average Bonchev–Trinajstić information content (AvgIpc) is 2.67. The quantitative estimate of drug-likeness (QED) is 0.665. The number of benzene rings is 2. The van der Waals surface area contributed by atoms with Crippen LogP contribution in [-0.4, -0.2) is 35.3 Å². The Labute approximate surface area is 155 Å². The number of ether oxygens (including phenoxy) is 2. The Kier molecular flexibility index (Phi) is 5.40. The van der Waals surface area contributed by atoms with E-state index in [-0.39, 0.29) is 11.1 Å². The van der Waals surface area contributed by atoms with Crippen molar-refractivity contribution in [1.29, 1.82) is 0 Å². The lowest BCUT2D eigenvalue weighted by atomic mass is 10.1. The molecule has 1 aromatic heterocycles. The standard InChI is InChI=1S/C20H20N2O5/c1-26-16-9-6-12(10-17(16)27-2)4-3-5-18-21-15-11-13(20(24)25)7-8-14(15)19(23)22-18/h6-11H,3-5H2,1-2H3,(H,24,25)(H,21,22,23). The van der Waals surface area contributed by atoms with E-state index in [0.29, 0.717) is 34.6 Å². The zero-order valence-electron chi connectivity index (χ0n) is 15.1. The highest BCUT2D eigenvalue weighted by atomic mass is 16.5. The summed E-state index contributed by atoms with van der Waals surface area (Å²) in [5.74, 6) is 0.842. The number of hydrogen-bond donors (Lipinski definition) is 2. The molecule has 7 heteroatoms. The number of aryl methyl sites for hydroxylation is 2. The summed E-state index contributed by atoms with van der Waals surface area (Å²) < 4.78 is 10.5. The van der Waals surface area contributed by atoms with E-state index >= 15 is 0 Å². The molecule has 0 saturated heterocycles. The molecule has 2 aromatic carbocycles. The van der Waals surface area contributed by atoms with Crippen LogP contribution in [0.4, 0.5) is 0 Å². The molecule has 2 N–H and O–H groups in total. The summed E-state index contributed by atoms with van der Waals surface area (Å²) in [5, 5.41) is 9.48. The summed E-state index contributed by atoms with van der Waals surface area (Å²) >= 11 is 0. The van der Waals surface area contributed by atoms with Crippen LogP contribution >= 0.6 is 0 Å². The number of aromatic nitrogens is 2. The van der Waals surface area contributed by atoms with E-state index in [1.54, 1.807) is 14.2 Å². The van der Waals surface area contributed by atoms with Crippen LogP contribution in [0.15, 0.2) is 41.2 Å². The van der Waals surface area contributed by atoms with E-state index in [1.165, 1.54) is 18.2 Å². The van der Waals surface area contributed by atoms with E-state index in [2.05, 4.69) is 9.97 Å². The molecule has 0 bridgehead atoms. The fourth-order valence-electron chi connectivity index (χ4n) is 2.94. The maximum Gasteiger partial charge on any atom is 0.335 e. The van der Waals surface area contributed by atoms with Crippen LogP contribution in [0.5, 0.6) is 11.5 Å². The number of carboxylic acids is 1. The molecule has 0 unspecified atom stereocenters. The van der Waals surface area contributed by atoms with Gasteiger partial charge in [-0.05, 0) is 48.7 Å². The minimum atomic E-state index is -1.05. The lowest BCUT2D eigenvalue weighted by Gasteiger charge is -2.09. The van der Waals surface area contributed by atoms with Crippen molar-refractivity contribution >= 4 is 16.9 Å². The van der Waals surface area contributed by atoms with Crippen LogP contribution in [-0.2, 0) is 12.8 Å². The summed E-state index contributed by atoms with van der Waals surface area (Å²) in [7, 11) is 3.19. The molecule has 3 rings (SSSR count). The number of fused-ring (bicyclic) bond motifs is 1. The third-order valence-electron chi connectivity index (χ3n) is 4.33. The number of nitrogens with zero attached hydrogens (tertiary/aromatic N) is 1. The normalized spacial score (nSPS) is 10.7. The molecule has 7 nitrogen and oxygen atoms in total. The SMILES string of the molecule is COc1ccc(CCCc2nc3cc(C(=O)O)ccc3c(=O)[nH]2)cc1OC. The molecule has 0 aliphatic rings. The molecular weight excluding hydrogens is 348 g/mol. The number of H-pyrrole nitrogens is 1. The van der Waals surface area contributed by atoms with Gasteiger partial charge in [-0.1, -0.05) is 6.07 Å². The fourth-order valence-corrected chi connectivity index (χ4v) is 2.94. The Balaban J connectivity index is 1.75. The van der Waals surface area contributed by atoms with Gasteiger partial charge in [0.2, 0.25) is 0 Å². The summed E-state index contributed by atoms with van der Waals surface area (Å²) in [6, 6.07) is 10.1. The molecule has 0 atom stereocenters. The highest BCUT2D eigenvalue weighted by Gasteiger charge is 2.09. The number of hydrogen-bond acceptors (Lipinski definition) is 5. The molecule has 0 fully saturated rings. The molecule has 0 aliphatic carbocycles. The third kappa shape index (κ3) is 4.08. The number of carbonyl (C=O) groups is 1. The van der Waals surface area contributed by atoms with E-state index in [9.17, 15) is 9.59 Å². The van der Waals surface area contributed by atoms with Crippen LogP contribution < -0.4 is 15.0 Å². The fraction of sp³-hybridized carbons (Fsp3) is 0.250. The van der Waals surface area contributed by atoms with Gasteiger partial charge in [0.05, 0.1) is 30.7 Å². The molecule has 27 heavy (non-hydrogen) atoms. The maximum absolute atomic E-state index is 12.2. The molecule has 0 amide bonds. The predicted octanol–water partition coefficient (Wildman–Crippen LogP) is 2.81. The summed E-state index contributed by atoms with van der Waals surface area (Å²) in [5.41, 5.74) is 1.32. The number of methoxy groups -OCH3 is 2. The van der Waals surface area contributed by atoms with Crippen molar-refractivity contribution in [1.82, 2.24) is 9.97 Å². The second-order valence-electron chi connectivity index (χ2n) is 6.09. The Bertz CT molecular complexity index is 1040. The molecule has 1 heterocycles. The molecule has 0 saturated carbocycles. The highest BCUT2D eigenvalue weighted by Crippen LogP contribution is 2.28. The number of rotatable bonds is 7. The minimum Gasteiger partial charge on any atom is -0.493 e. The van der Waals surface area contributed by atoms with Gasteiger partial charge in [-0.25, -0.2) is 9.78 Å². The van der Waals surface area contributed by atoms with Crippen LogP contribution in [0, 0.1) is 0 Å². The molecular formula is C20H20N2O5. The number of carboxylic acid groups (broad SMARTS) is 1. The average molecular weight is 368 g/mol. The monoisotopic (exact) mass is 368 g/mol. The predicted molar refractivity (Wildman–Crippen MR) is 101 cm³/mol. The van der Waals surface area contributed by atoms with Crippen molar-refractivity contribution in [2.45, 2.75) is 19.3 Å². The Morgan fingerprint density at radius 1 is 1.07 bits per heavy atom.